The van der Waals surface area contributed by atoms with E-state index in [1.165, 1.54) is 6.07 Å². The van der Waals surface area contributed by atoms with Crippen molar-refractivity contribution in [1.82, 2.24) is 14.8 Å². The van der Waals surface area contributed by atoms with Crippen molar-refractivity contribution in [1.29, 1.82) is 0 Å². The van der Waals surface area contributed by atoms with Gasteiger partial charge < -0.3 is 15.1 Å². The van der Waals surface area contributed by atoms with Crippen LogP contribution in [0.4, 0.5) is 11.5 Å². The molecule has 1 saturated heterocycles. The van der Waals surface area contributed by atoms with Crippen LogP contribution in [0.5, 0.6) is 0 Å². The van der Waals surface area contributed by atoms with Crippen molar-refractivity contribution in [3.8, 4) is 11.3 Å². The van der Waals surface area contributed by atoms with Gasteiger partial charge in [-0.05, 0) is 26.5 Å². The largest absolute Gasteiger partial charge is 0.368 e. The SMILES string of the molecule is CC(CCN1CCN(C)CC1)Nc1ccc([N+](=O)[O-])c(-c2ccccc2)n1. The molecule has 3 rings (SSSR count). The molecule has 0 aliphatic carbocycles. The number of aromatic nitrogens is 1. The van der Waals surface area contributed by atoms with Gasteiger partial charge >= 0.3 is 0 Å². The summed E-state index contributed by atoms with van der Waals surface area (Å²) >= 11 is 0. The van der Waals surface area contributed by atoms with Crippen molar-refractivity contribution < 1.29 is 4.92 Å². The van der Waals surface area contributed by atoms with E-state index >= 15 is 0 Å². The fourth-order valence-electron chi connectivity index (χ4n) is 3.26. The summed E-state index contributed by atoms with van der Waals surface area (Å²) in [6.45, 7) is 7.62. The normalized spacial score (nSPS) is 16.8. The summed E-state index contributed by atoms with van der Waals surface area (Å²) in [5.41, 5.74) is 1.17. The number of pyridine rings is 1. The van der Waals surface area contributed by atoms with Crippen molar-refractivity contribution in [3.63, 3.8) is 0 Å². The number of piperazine rings is 1. The van der Waals surface area contributed by atoms with E-state index in [2.05, 4.69) is 34.1 Å². The van der Waals surface area contributed by atoms with Crippen molar-refractivity contribution in [3.05, 3.63) is 52.6 Å². The van der Waals surface area contributed by atoms with E-state index < -0.39 is 0 Å². The molecule has 0 amide bonds. The summed E-state index contributed by atoms with van der Waals surface area (Å²) in [6.07, 6.45) is 1.00. The average molecular weight is 369 g/mol. The fraction of sp³-hybridized carbons (Fsp3) is 0.450. The molecule has 7 nitrogen and oxygen atoms in total. The summed E-state index contributed by atoms with van der Waals surface area (Å²) in [7, 11) is 2.16. The lowest BCUT2D eigenvalue weighted by atomic mass is 10.1. The molecular weight excluding hydrogens is 342 g/mol. The lowest BCUT2D eigenvalue weighted by Gasteiger charge is -2.33. The zero-order valence-corrected chi connectivity index (χ0v) is 16.0. The molecule has 1 fully saturated rings. The number of likely N-dealkylation sites (N-methyl/N-ethyl adjacent to an activating group) is 1. The molecule has 1 atom stereocenters. The van der Waals surface area contributed by atoms with Crippen LogP contribution in [-0.2, 0) is 0 Å². The second kappa shape index (κ2) is 8.92. The molecule has 144 valence electrons. The van der Waals surface area contributed by atoms with Crippen LogP contribution in [0.25, 0.3) is 11.3 Å². The predicted octanol–water partition coefficient (Wildman–Crippen LogP) is 3.09. The highest BCUT2D eigenvalue weighted by Gasteiger charge is 2.19. The van der Waals surface area contributed by atoms with Gasteiger partial charge in [0.25, 0.3) is 5.69 Å². The Labute approximate surface area is 160 Å². The Morgan fingerprint density at radius 2 is 1.85 bits per heavy atom. The van der Waals surface area contributed by atoms with Gasteiger partial charge in [0.05, 0.1) is 4.92 Å². The third-order valence-corrected chi connectivity index (χ3v) is 4.99. The standard InChI is InChI=1S/C20H27N5O2/c1-16(10-11-24-14-12-23(2)13-15-24)21-19-9-8-18(25(26)27)20(22-19)17-6-4-3-5-7-17/h3-9,16H,10-15H2,1-2H3,(H,21,22). The second-order valence-electron chi connectivity index (χ2n) is 7.17. The van der Waals surface area contributed by atoms with E-state index in [-0.39, 0.29) is 16.7 Å². The molecule has 1 N–H and O–H groups in total. The molecule has 7 heteroatoms. The number of hydrogen-bond acceptors (Lipinski definition) is 6. The minimum Gasteiger partial charge on any atom is -0.368 e. The molecule has 1 aromatic carbocycles. The molecular formula is C20H27N5O2. The highest BCUT2D eigenvalue weighted by molar-refractivity contribution is 5.71. The first-order valence-corrected chi connectivity index (χ1v) is 9.41. The van der Waals surface area contributed by atoms with Crippen LogP contribution >= 0.6 is 0 Å². The van der Waals surface area contributed by atoms with Crippen LogP contribution in [0, 0.1) is 10.1 Å². The first kappa shape index (κ1) is 19.3. The molecule has 1 unspecified atom stereocenters. The van der Waals surface area contributed by atoms with E-state index in [1.54, 1.807) is 6.07 Å². The monoisotopic (exact) mass is 369 g/mol. The molecule has 1 aromatic heterocycles. The summed E-state index contributed by atoms with van der Waals surface area (Å²) in [4.78, 5) is 20.4. The van der Waals surface area contributed by atoms with E-state index in [9.17, 15) is 10.1 Å². The van der Waals surface area contributed by atoms with Crippen LogP contribution in [-0.4, -0.2) is 65.5 Å². The maximum Gasteiger partial charge on any atom is 0.295 e. The maximum atomic E-state index is 11.4. The maximum absolute atomic E-state index is 11.4. The van der Waals surface area contributed by atoms with Crippen LogP contribution in [0.2, 0.25) is 0 Å². The van der Waals surface area contributed by atoms with E-state index in [0.29, 0.717) is 11.5 Å². The fourth-order valence-corrected chi connectivity index (χ4v) is 3.26. The van der Waals surface area contributed by atoms with Gasteiger partial charge in [-0.2, -0.15) is 0 Å². The summed E-state index contributed by atoms with van der Waals surface area (Å²) in [6, 6.07) is 12.8. The molecule has 0 saturated carbocycles. The molecule has 0 radical (unpaired) electrons. The predicted molar refractivity (Wildman–Crippen MR) is 108 cm³/mol. The van der Waals surface area contributed by atoms with Gasteiger partial charge in [0.15, 0.2) is 5.69 Å². The Morgan fingerprint density at radius 3 is 2.52 bits per heavy atom. The first-order chi connectivity index (χ1) is 13.0. The number of rotatable bonds is 7. The highest BCUT2D eigenvalue weighted by Crippen LogP contribution is 2.29. The number of nitrogens with one attached hydrogen (secondary N) is 1. The second-order valence-corrected chi connectivity index (χ2v) is 7.17. The molecule has 1 aliphatic heterocycles. The molecule has 2 aromatic rings. The summed E-state index contributed by atoms with van der Waals surface area (Å²) in [5, 5.41) is 14.8. The van der Waals surface area contributed by atoms with Gasteiger partial charge in [-0.15, -0.1) is 0 Å². The first-order valence-electron chi connectivity index (χ1n) is 9.41. The van der Waals surface area contributed by atoms with Crippen LogP contribution in [0.15, 0.2) is 42.5 Å². The third-order valence-electron chi connectivity index (χ3n) is 4.99. The number of hydrogen-bond donors (Lipinski definition) is 1. The Morgan fingerprint density at radius 1 is 1.15 bits per heavy atom. The number of benzene rings is 1. The van der Waals surface area contributed by atoms with Crippen LogP contribution in [0.1, 0.15) is 13.3 Å². The van der Waals surface area contributed by atoms with Crippen molar-refractivity contribution in [2.24, 2.45) is 0 Å². The minimum atomic E-state index is -0.379. The van der Waals surface area contributed by atoms with Gasteiger partial charge in [-0.1, -0.05) is 30.3 Å². The smallest absolute Gasteiger partial charge is 0.295 e. The van der Waals surface area contributed by atoms with Gasteiger partial charge in [0, 0.05) is 50.4 Å². The Bertz CT molecular complexity index is 760. The van der Waals surface area contributed by atoms with Crippen molar-refractivity contribution >= 4 is 11.5 Å². The van der Waals surface area contributed by atoms with Crippen molar-refractivity contribution in [2.45, 2.75) is 19.4 Å². The molecule has 1 aliphatic rings. The zero-order chi connectivity index (χ0) is 19.2. The van der Waals surface area contributed by atoms with Crippen molar-refractivity contribution in [2.75, 3.05) is 45.1 Å². The Hall–Kier alpha value is -2.51. The average Bonchev–Trinajstić information content (AvgIpc) is 2.68. The molecule has 2 heterocycles. The van der Waals surface area contributed by atoms with Gasteiger partial charge in [0.1, 0.15) is 5.82 Å². The number of nitrogens with zero attached hydrogens (tertiary/aromatic N) is 4. The van der Waals surface area contributed by atoms with E-state index in [0.717, 1.165) is 44.7 Å². The Balaban J connectivity index is 1.65. The molecule has 0 spiro atoms. The third kappa shape index (κ3) is 5.24. The van der Waals surface area contributed by atoms with Crippen LogP contribution < -0.4 is 5.32 Å². The molecule has 0 bridgehead atoms. The molecule has 27 heavy (non-hydrogen) atoms. The minimum absolute atomic E-state index is 0.0249. The summed E-state index contributed by atoms with van der Waals surface area (Å²) in [5.74, 6) is 0.672. The zero-order valence-electron chi connectivity index (χ0n) is 16.0. The topological polar surface area (TPSA) is 74.5 Å². The van der Waals surface area contributed by atoms with E-state index in [4.69, 9.17) is 0 Å². The van der Waals surface area contributed by atoms with Gasteiger partial charge in [-0.3, -0.25) is 10.1 Å². The quantitative estimate of drug-likeness (QED) is 0.597. The highest BCUT2D eigenvalue weighted by atomic mass is 16.6. The number of nitro groups is 1. The van der Waals surface area contributed by atoms with E-state index in [1.807, 2.05) is 30.3 Å². The summed E-state index contributed by atoms with van der Waals surface area (Å²) < 4.78 is 0. The van der Waals surface area contributed by atoms with Gasteiger partial charge in [0.2, 0.25) is 0 Å². The lowest BCUT2D eigenvalue weighted by molar-refractivity contribution is -0.384. The van der Waals surface area contributed by atoms with Gasteiger partial charge in [-0.25, -0.2) is 4.98 Å². The lowest BCUT2D eigenvalue weighted by Crippen LogP contribution is -2.45. The number of anilines is 1. The Kier molecular flexibility index (Phi) is 6.36. The van der Waals surface area contributed by atoms with Crippen LogP contribution in [0.3, 0.4) is 0 Å².